The molecule has 0 atom stereocenters. The van der Waals surface area contributed by atoms with Crippen molar-refractivity contribution in [2.24, 2.45) is 0 Å². The molecule has 1 N–H and O–H groups in total. The van der Waals surface area contributed by atoms with Crippen LogP contribution in [-0.4, -0.2) is 30.1 Å². The van der Waals surface area contributed by atoms with Crippen molar-refractivity contribution in [1.29, 1.82) is 0 Å². The summed E-state index contributed by atoms with van der Waals surface area (Å²) in [5, 5.41) is 8.21. The lowest BCUT2D eigenvalue weighted by atomic mass is 10.2. The number of anilines is 1. The molecule has 0 fully saturated rings. The number of carbonyl (C=O) groups is 1. The molecule has 1 amide bonds. The predicted molar refractivity (Wildman–Crippen MR) is 121 cm³/mol. The Morgan fingerprint density at radius 1 is 1.06 bits per heavy atom. The van der Waals surface area contributed by atoms with Crippen LogP contribution in [0.2, 0.25) is 0 Å². The average molecular weight is 429 g/mol. The summed E-state index contributed by atoms with van der Waals surface area (Å²) in [7, 11) is 0. The Hall–Kier alpha value is -3.78. The van der Waals surface area contributed by atoms with E-state index in [4.69, 9.17) is 0 Å². The van der Waals surface area contributed by atoms with Gasteiger partial charge < -0.3 is 9.72 Å². The average Bonchev–Trinajstić information content (AvgIpc) is 3.47. The van der Waals surface area contributed by atoms with Crippen molar-refractivity contribution in [3.63, 3.8) is 0 Å². The molecule has 5 aromatic rings. The lowest BCUT2D eigenvalue weighted by Gasteiger charge is -2.00. The van der Waals surface area contributed by atoms with Gasteiger partial charge in [-0.15, -0.1) is 11.3 Å². The third-order valence-corrected chi connectivity index (χ3v) is 6.03. The molecule has 0 aliphatic heterocycles. The summed E-state index contributed by atoms with van der Waals surface area (Å²) in [6.45, 7) is 2.39. The van der Waals surface area contributed by atoms with Gasteiger partial charge in [0.15, 0.2) is 0 Å². The lowest BCUT2D eigenvalue weighted by Crippen LogP contribution is -2.11. The second kappa shape index (κ2) is 8.16. The molecule has 4 heterocycles. The van der Waals surface area contributed by atoms with Gasteiger partial charge >= 0.3 is 0 Å². The summed E-state index contributed by atoms with van der Waals surface area (Å²) < 4.78 is 3.73. The van der Waals surface area contributed by atoms with Gasteiger partial charge in [-0.2, -0.15) is 5.10 Å². The molecule has 0 spiro atoms. The highest BCUT2D eigenvalue weighted by Gasteiger charge is 2.16. The van der Waals surface area contributed by atoms with Gasteiger partial charge in [0.25, 0.3) is 5.91 Å². The zero-order chi connectivity index (χ0) is 21.2. The molecule has 7 nitrogen and oxygen atoms in total. The number of aromatic nitrogens is 5. The van der Waals surface area contributed by atoms with Crippen LogP contribution in [0.25, 0.3) is 5.65 Å². The van der Waals surface area contributed by atoms with Crippen LogP contribution in [0.15, 0.2) is 73.3 Å². The summed E-state index contributed by atoms with van der Waals surface area (Å²) in [5.74, 6) is -0.165. The standard InChI is InChI=1S/C23H20N6OS/c1-16-22(31-21(25-16)11-17-7-3-2-4-8-17)23(30)27-18-12-24-29(14-18)15-19-13-28-10-6-5-9-20(28)26-19/h2-10,12-14H,11,15H2,1H3,(H,27,30). The highest BCUT2D eigenvalue weighted by Crippen LogP contribution is 2.22. The van der Waals surface area contributed by atoms with Gasteiger partial charge in [0.1, 0.15) is 10.5 Å². The Balaban J connectivity index is 1.26. The maximum absolute atomic E-state index is 12.8. The second-order valence-corrected chi connectivity index (χ2v) is 8.35. The Morgan fingerprint density at radius 2 is 1.90 bits per heavy atom. The number of aryl methyl sites for hydroxylation is 1. The van der Waals surface area contributed by atoms with Crippen molar-refractivity contribution in [3.8, 4) is 0 Å². The van der Waals surface area contributed by atoms with Gasteiger partial charge in [-0.3, -0.25) is 9.48 Å². The quantitative estimate of drug-likeness (QED) is 0.440. The van der Waals surface area contributed by atoms with Crippen molar-refractivity contribution < 1.29 is 4.79 Å². The van der Waals surface area contributed by atoms with Gasteiger partial charge in [0.2, 0.25) is 0 Å². The van der Waals surface area contributed by atoms with Crippen molar-refractivity contribution >= 4 is 28.6 Å². The van der Waals surface area contributed by atoms with E-state index in [0.29, 0.717) is 17.1 Å². The van der Waals surface area contributed by atoms with Crippen LogP contribution in [0, 0.1) is 6.92 Å². The summed E-state index contributed by atoms with van der Waals surface area (Å²) in [6.07, 6.45) is 8.11. The van der Waals surface area contributed by atoms with E-state index in [1.54, 1.807) is 10.9 Å². The van der Waals surface area contributed by atoms with E-state index < -0.39 is 0 Å². The molecule has 1 aromatic carbocycles. The Kier molecular flexibility index (Phi) is 5.05. The van der Waals surface area contributed by atoms with Crippen LogP contribution in [0.1, 0.15) is 31.6 Å². The molecule has 8 heteroatoms. The molecule has 0 saturated carbocycles. The fourth-order valence-electron chi connectivity index (χ4n) is 3.44. The lowest BCUT2D eigenvalue weighted by molar-refractivity contribution is 0.103. The number of fused-ring (bicyclic) bond motifs is 1. The largest absolute Gasteiger partial charge is 0.319 e. The molecule has 0 saturated heterocycles. The molecule has 31 heavy (non-hydrogen) atoms. The van der Waals surface area contributed by atoms with Crippen molar-refractivity contribution in [3.05, 3.63) is 100 Å². The Labute approximate surface area is 183 Å². The summed E-state index contributed by atoms with van der Waals surface area (Å²) in [4.78, 5) is 22.6. The third kappa shape index (κ3) is 4.24. The first-order valence-corrected chi connectivity index (χ1v) is 10.7. The van der Waals surface area contributed by atoms with Crippen LogP contribution in [0.3, 0.4) is 0 Å². The van der Waals surface area contributed by atoms with Crippen LogP contribution in [0.5, 0.6) is 0 Å². The highest BCUT2D eigenvalue weighted by molar-refractivity contribution is 7.14. The first-order chi connectivity index (χ1) is 15.1. The summed E-state index contributed by atoms with van der Waals surface area (Å²) in [6, 6.07) is 16.0. The van der Waals surface area contributed by atoms with Crippen molar-refractivity contribution in [2.45, 2.75) is 19.9 Å². The van der Waals surface area contributed by atoms with E-state index in [9.17, 15) is 4.79 Å². The van der Waals surface area contributed by atoms with Crippen LogP contribution in [0.4, 0.5) is 5.69 Å². The van der Waals surface area contributed by atoms with Crippen LogP contribution < -0.4 is 5.32 Å². The first kappa shape index (κ1) is 19.2. The SMILES string of the molecule is Cc1nc(Cc2ccccc2)sc1C(=O)Nc1cnn(Cc2cn3ccccc3n2)c1. The maximum Gasteiger partial charge on any atom is 0.267 e. The maximum atomic E-state index is 12.8. The molecule has 0 radical (unpaired) electrons. The Morgan fingerprint density at radius 3 is 2.74 bits per heavy atom. The van der Waals surface area contributed by atoms with Crippen LogP contribution in [-0.2, 0) is 13.0 Å². The molecule has 0 aliphatic rings. The molecule has 154 valence electrons. The van der Waals surface area contributed by atoms with Gasteiger partial charge in [0, 0.05) is 25.0 Å². The minimum atomic E-state index is -0.165. The molecule has 0 unspecified atom stereocenters. The number of nitrogens with one attached hydrogen (secondary N) is 1. The number of nitrogens with zero attached hydrogens (tertiary/aromatic N) is 5. The fourth-order valence-corrected chi connectivity index (χ4v) is 4.43. The number of imidazole rings is 1. The van der Waals surface area contributed by atoms with Gasteiger partial charge in [0.05, 0.1) is 34.8 Å². The normalized spacial score (nSPS) is 11.1. The summed E-state index contributed by atoms with van der Waals surface area (Å²) >= 11 is 1.43. The molecule has 0 aliphatic carbocycles. The smallest absolute Gasteiger partial charge is 0.267 e. The Bertz CT molecular complexity index is 1320. The van der Waals surface area contributed by atoms with E-state index in [1.807, 2.05) is 66.3 Å². The number of benzene rings is 1. The van der Waals surface area contributed by atoms with Crippen LogP contribution >= 0.6 is 11.3 Å². The van der Waals surface area contributed by atoms with E-state index in [0.717, 1.165) is 28.5 Å². The molecular weight excluding hydrogens is 408 g/mol. The van der Waals surface area contributed by atoms with E-state index in [2.05, 4.69) is 32.5 Å². The number of thiazole rings is 1. The molecular formula is C23H20N6OS. The van der Waals surface area contributed by atoms with Gasteiger partial charge in [-0.25, -0.2) is 9.97 Å². The minimum absolute atomic E-state index is 0.165. The second-order valence-electron chi connectivity index (χ2n) is 7.26. The van der Waals surface area contributed by atoms with Crippen molar-refractivity contribution in [2.75, 3.05) is 5.32 Å². The predicted octanol–water partition coefficient (Wildman–Crippen LogP) is 4.19. The van der Waals surface area contributed by atoms with E-state index in [1.165, 1.54) is 16.9 Å². The number of amides is 1. The topological polar surface area (TPSA) is 77.1 Å². The van der Waals surface area contributed by atoms with Crippen molar-refractivity contribution in [1.82, 2.24) is 24.1 Å². The number of pyridine rings is 1. The van der Waals surface area contributed by atoms with E-state index in [-0.39, 0.29) is 5.91 Å². The molecule has 0 bridgehead atoms. The molecule has 4 aromatic heterocycles. The van der Waals surface area contributed by atoms with Gasteiger partial charge in [-0.1, -0.05) is 36.4 Å². The zero-order valence-corrected chi connectivity index (χ0v) is 17.7. The number of hydrogen-bond acceptors (Lipinski definition) is 5. The summed E-state index contributed by atoms with van der Waals surface area (Å²) in [5.41, 5.74) is 4.36. The number of carbonyl (C=O) groups excluding carboxylic acids is 1. The minimum Gasteiger partial charge on any atom is -0.319 e. The number of rotatable bonds is 6. The number of hydrogen-bond donors (Lipinski definition) is 1. The first-order valence-electron chi connectivity index (χ1n) is 9.91. The zero-order valence-electron chi connectivity index (χ0n) is 16.9. The highest BCUT2D eigenvalue weighted by atomic mass is 32.1. The monoisotopic (exact) mass is 428 g/mol. The van der Waals surface area contributed by atoms with E-state index >= 15 is 0 Å². The van der Waals surface area contributed by atoms with Gasteiger partial charge in [-0.05, 0) is 24.6 Å². The molecule has 5 rings (SSSR count). The fraction of sp³-hybridized carbons (Fsp3) is 0.130. The third-order valence-electron chi connectivity index (χ3n) is 4.87.